The molecule has 0 saturated heterocycles. The predicted molar refractivity (Wildman–Crippen MR) is 88.9 cm³/mol. The van der Waals surface area contributed by atoms with Gasteiger partial charge in [-0.15, -0.1) is 0 Å². The first-order chi connectivity index (χ1) is 10.2. The van der Waals surface area contributed by atoms with Crippen LogP contribution >= 0.6 is 0 Å². The second-order valence-corrected chi connectivity index (χ2v) is 5.57. The van der Waals surface area contributed by atoms with Crippen molar-refractivity contribution < 1.29 is 4.74 Å². The molecule has 1 N–H and O–H groups in total. The van der Waals surface area contributed by atoms with E-state index in [2.05, 4.69) is 38.2 Å². The summed E-state index contributed by atoms with van der Waals surface area (Å²) in [7, 11) is 0. The van der Waals surface area contributed by atoms with E-state index < -0.39 is 0 Å². The summed E-state index contributed by atoms with van der Waals surface area (Å²) in [4.78, 5) is 0. The van der Waals surface area contributed by atoms with Crippen LogP contribution in [0.5, 0.6) is 5.75 Å². The lowest BCUT2D eigenvalue weighted by atomic mass is 10.00. The lowest BCUT2D eigenvalue weighted by Crippen LogP contribution is -2.18. The molecule has 0 spiro atoms. The Balaban J connectivity index is 1.68. The summed E-state index contributed by atoms with van der Waals surface area (Å²) in [5.74, 6) is 0.947. The summed E-state index contributed by atoms with van der Waals surface area (Å²) >= 11 is 0. The molecule has 21 heavy (non-hydrogen) atoms. The van der Waals surface area contributed by atoms with Gasteiger partial charge < -0.3 is 10.1 Å². The number of nitrogens with one attached hydrogen (secondary N) is 1. The molecule has 2 heteroatoms. The smallest absolute Gasteiger partial charge is 0.119 e. The number of hydrogen-bond acceptors (Lipinski definition) is 2. The third-order valence-corrected chi connectivity index (χ3v) is 3.65. The minimum absolute atomic E-state index is 0.753. The largest absolute Gasteiger partial charge is 0.494 e. The summed E-state index contributed by atoms with van der Waals surface area (Å²) in [6, 6.07) is 14.5. The van der Waals surface area contributed by atoms with Crippen molar-refractivity contribution in [2.24, 2.45) is 0 Å². The molecule has 0 heterocycles. The van der Waals surface area contributed by atoms with E-state index in [1.54, 1.807) is 0 Å². The maximum Gasteiger partial charge on any atom is 0.119 e. The van der Waals surface area contributed by atoms with Crippen molar-refractivity contribution in [1.29, 1.82) is 0 Å². The van der Waals surface area contributed by atoms with E-state index in [9.17, 15) is 0 Å². The summed E-state index contributed by atoms with van der Waals surface area (Å²) in [5.41, 5.74) is 5.51. The van der Waals surface area contributed by atoms with E-state index in [1.807, 2.05) is 30.3 Å². The number of aryl methyl sites for hydroxylation is 3. The number of para-hydroxylation sites is 1. The SMILES string of the molecule is Cc1cc(C)c(CNCCCOc2ccccc2)c(C)c1. The first-order valence-electron chi connectivity index (χ1n) is 7.62. The molecule has 0 aromatic heterocycles. The Morgan fingerprint density at radius 3 is 2.29 bits per heavy atom. The zero-order chi connectivity index (χ0) is 15.1. The molecule has 0 atom stereocenters. The molecular weight excluding hydrogens is 258 g/mol. The van der Waals surface area contributed by atoms with Gasteiger partial charge in [-0.3, -0.25) is 0 Å². The van der Waals surface area contributed by atoms with Gasteiger partial charge in [-0.25, -0.2) is 0 Å². The Morgan fingerprint density at radius 2 is 1.62 bits per heavy atom. The normalized spacial score (nSPS) is 10.6. The van der Waals surface area contributed by atoms with Crippen LogP contribution in [0.1, 0.15) is 28.7 Å². The number of benzene rings is 2. The molecule has 2 nitrogen and oxygen atoms in total. The average molecular weight is 283 g/mol. The third kappa shape index (κ3) is 4.91. The molecule has 0 fully saturated rings. The topological polar surface area (TPSA) is 21.3 Å². The zero-order valence-corrected chi connectivity index (χ0v) is 13.3. The molecule has 2 aromatic carbocycles. The van der Waals surface area contributed by atoms with E-state index in [4.69, 9.17) is 4.74 Å². The van der Waals surface area contributed by atoms with Crippen LogP contribution in [0.15, 0.2) is 42.5 Å². The molecule has 0 saturated carbocycles. The number of rotatable bonds is 7. The summed E-state index contributed by atoms with van der Waals surface area (Å²) in [5, 5.41) is 3.51. The second-order valence-electron chi connectivity index (χ2n) is 5.57. The van der Waals surface area contributed by atoms with Gasteiger partial charge in [0.15, 0.2) is 0 Å². The molecule has 2 rings (SSSR count). The maximum absolute atomic E-state index is 5.68. The average Bonchev–Trinajstić information content (AvgIpc) is 2.45. The highest BCUT2D eigenvalue weighted by Crippen LogP contribution is 2.16. The Kier molecular flexibility index (Phi) is 5.82. The van der Waals surface area contributed by atoms with Crippen LogP contribution in [0.2, 0.25) is 0 Å². The van der Waals surface area contributed by atoms with Gasteiger partial charge >= 0.3 is 0 Å². The van der Waals surface area contributed by atoms with Crippen molar-refractivity contribution in [2.45, 2.75) is 33.7 Å². The van der Waals surface area contributed by atoms with Crippen molar-refractivity contribution in [3.05, 3.63) is 64.7 Å². The van der Waals surface area contributed by atoms with Crippen LogP contribution in [0.3, 0.4) is 0 Å². The summed E-state index contributed by atoms with van der Waals surface area (Å²) in [6.45, 7) is 9.19. The van der Waals surface area contributed by atoms with Gasteiger partial charge in [0.2, 0.25) is 0 Å². The van der Waals surface area contributed by atoms with Gasteiger partial charge in [-0.1, -0.05) is 35.9 Å². The maximum atomic E-state index is 5.68. The van der Waals surface area contributed by atoms with E-state index in [-0.39, 0.29) is 0 Å². The molecule has 0 amide bonds. The molecule has 0 radical (unpaired) electrons. The van der Waals surface area contributed by atoms with Crippen molar-refractivity contribution in [3.63, 3.8) is 0 Å². The van der Waals surface area contributed by atoms with Gasteiger partial charge in [0.1, 0.15) is 5.75 Å². The molecule has 0 aliphatic rings. The van der Waals surface area contributed by atoms with E-state index in [1.165, 1.54) is 22.3 Å². The highest BCUT2D eigenvalue weighted by molar-refractivity contribution is 5.37. The van der Waals surface area contributed by atoms with Gasteiger partial charge in [-0.05, 0) is 62.6 Å². The third-order valence-electron chi connectivity index (χ3n) is 3.65. The van der Waals surface area contributed by atoms with Crippen molar-refractivity contribution >= 4 is 0 Å². The summed E-state index contributed by atoms with van der Waals surface area (Å²) in [6.07, 6.45) is 1.01. The van der Waals surface area contributed by atoms with Crippen LogP contribution in [0.25, 0.3) is 0 Å². The molecule has 0 aliphatic heterocycles. The Labute approximate surface area is 128 Å². The molecule has 0 bridgehead atoms. The van der Waals surface area contributed by atoms with E-state index >= 15 is 0 Å². The van der Waals surface area contributed by atoms with Crippen LogP contribution in [0, 0.1) is 20.8 Å². The van der Waals surface area contributed by atoms with Gasteiger partial charge in [0, 0.05) is 6.54 Å². The standard InChI is InChI=1S/C19H25NO/c1-15-12-16(2)19(17(3)13-15)14-20-10-7-11-21-18-8-5-4-6-9-18/h4-6,8-9,12-13,20H,7,10-11,14H2,1-3H3. The monoisotopic (exact) mass is 283 g/mol. The number of ether oxygens (including phenoxy) is 1. The Bertz CT molecular complexity index is 540. The van der Waals surface area contributed by atoms with E-state index in [0.29, 0.717) is 0 Å². The molecule has 2 aromatic rings. The molecular formula is C19H25NO. The highest BCUT2D eigenvalue weighted by Gasteiger charge is 2.03. The molecule has 112 valence electrons. The minimum Gasteiger partial charge on any atom is -0.494 e. The molecule has 0 unspecified atom stereocenters. The van der Waals surface area contributed by atoms with Gasteiger partial charge in [0.25, 0.3) is 0 Å². The highest BCUT2D eigenvalue weighted by atomic mass is 16.5. The fraction of sp³-hybridized carbons (Fsp3) is 0.368. The lowest BCUT2D eigenvalue weighted by Gasteiger charge is -2.12. The number of hydrogen-bond donors (Lipinski definition) is 1. The Morgan fingerprint density at radius 1 is 0.952 bits per heavy atom. The fourth-order valence-electron chi connectivity index (χ4n) is 2.61. The molecule has 0 aliphatic carbocycles. The lowest BCUT2D eigenvalue weighted by molar-refractivity contribution is 0.308. The van der Waals surface area contributed by atoms with Crippen LogP contribution in [-0.2, 0) is 6.54 Å². The van der Waals surface area contributed by atoms with Crippen molar-refractivity contribution in [2.75, 3.05) is 13.2 Å². The van der Waals surface area contributed by atoms with Crippen LogP contribution in [0.4, 0.5) is 0 Å². The minimum atomic E-state index is 0.753. The Hall–Kier alpha value is -1.80. The van der Waals surface area contributed by atoms with Gasteiger partial charge in [0.05, 0.1) is 6.61 Å². The zero-order valence-electron chi connectivity index (χ0n) is 13.3. The first-order valence-corrected chi connectivity index (χ1v) is 7.62. The van der Waals surface area contributed by atoms with Crippen LogP contribution < -0.4 is 10.1 Å². The van der Waals surface area contributed by atoms with Crippen LogP contribution in [-0.4, -0.2) is 13.2 Å². The quantitative estimate of drug-likeness (QED) is 0.770. The summed E-state index contributed by atoms with van der Waals surface area (Å²) < 4.78 is 5.68. The predicted octanol–water partition coefficient (Wildman–Crippen LogP) is 4.17. The fourth-order valence-corrected chi connectivity index (χ4v) is 2.61. The first kappa shape index (κ1) is 15.6. The van der Waals surface area contributed by atoms with Crippen molar-refractivity contribution in [3.8, 4) is 5.75 Å². The van der Waals surface area contributed by atoms with Crippen molar-refractivity contribution in [1.82, 2.24) is 5.32 Å². The van der Waals surface area contributed by atoms with E-state index in [0.717, 1.165) is 31.9 Å². The second kappa shape index (κ2) is 7.84. The van der Waals surface area contributed by atoms with Gasteiger partial charge in [-0.2, -0.15) is 0 Å².